The molecule has 0 saturated carbocycles. The van der Waals surface area contributed by atoms with E-state index in [2.05, 4.69) is 69.3 Å². The Morgan fingerprint density at radius 2 is 1.04 bits per heavy atom. The van der Waals surface area contributed by atoms with Gasteiger partial charge in [-0.25, -0.2) is 0 Å². The predicted molar refractivity (Wildman–Crippen MR) is 96.6 cm³/mol. The predicted octanol–water partition coefficient (Wildman–Crippen LogP) is 5.12. The molecular weight excluding hydrogens is 280 g/mol. The fourth-order valence-electron chi connectivity index (χ4n) is 4.11. The van der Waals surface area contributed by atoms with Gasteiger partial charge in [-0.15, -0.1) is 0 Å². The lowest BCUT2D eigenvalue weighted by Crippen LogP contribution is -2.21. The second kappa shape index (κ2) is 5.16. The lowest BCUT2D eigenvalue weighted by Gasteiger charge is -2.33. The van der Waals surface area contributed by atoms with E-state index in [0.29, 0.717) is 5.92 Å². The summed E-state index contributed by atoms with van der Waals surface area (Å²) in [5, 5.41) is 0. The van der Waals surface area contributed by atoms with Crippen molar-refractivity contribution >= 4 is 12.4 Å². The third-order valence-electron chi connectivity index (χ3n) is 4.98. The fourth-order valence-corrected chi connectivity index (χ4v) is 4.11. The summed E-state index contributed by atoms with van der Waals surface area (Å²) in [5.41, 5.74) is 5.57. The minimum atomic E-state index is 0.0877. The third-order valence-corrected chi connectivity index (χ3v) is 4.98. The van der Waals surface area contributed by atoms with Crippen molar-refractivity contribution in [1.82, 2.24) is 0 Å². The van der Waals surface area contributed by atoms with Gasteiger partial charge in [-0.05, 0) is 27.7 Å². The first-order valence-electron chi connectivity index (χ1n) is 8.30. The van der Waals surface area contributed by atoms with Gasteiger partial charge in [-0.1, -0.05) is 69.3 Å². The third kappa shape index (κ3) is 2.24. The van der Waals surface area contributed by atoms with Gasteiger partial charge in [0.15, 0.2) is 0 Å². The Balaban J connectivity index is 2.07. The molecule has 2 aromatic rings. The Kier molecular flexibility index (Phi) is 3.22. The molecule has 0 N–H and O–H groups in total. The molecule has 2 atom stereocenters. The van der Waals surface area contributed by atoms with Crippen LogP contribution in [-0.4, -0.2) is 12.4 Å². The smallest absolute Gasteiger partial charge is 0.102 e. The van der Waals surface area contributed by atoms with Gasteiger partial charge in [0.05, 0.1) is 0 Å². The van der Waals surface area contributed by atoms with Crippen LogP contribution in [0.3, 0.4) is 0 Å². The van der Waals surface area contributed by atoms with Crippen LogP contribution in [0.1, 0.15) is 61.0 Å². The van der Waals surface area contributed by atoms with E-state index in [1.807, 2.05) is 12.4 Å². The monoisotopic (exact) mass is 302 g/mol. The molecule has 2 aliphatic rings. The standard InChI is InChI=1S/C21H22N2/c1-21(2,3)18-14-8-4-6-10-16(14)19-20(23-13-12-22-19)17-11-7-5-9-15(17)18/h4-13,18-20H,1-3H3. The van der Waals surface area contributed by atoms with Crippen LogP contribution in [0.25, 0.3) is 0 Å². The molecule has 1 aliphatic carbocycles. The Hall–Kier alpha value is -2.22. The molecule has 2 nitrogen and oxygen atoms in total. The Labute approximate surface area is 138 Å². The zero-order valence-electron chi connectivity index (χ0n) is 13.9. The van der Waals surface area contributed by atoms with Crippen molar-refractivity contribution in [2.24, 2.45) is 15.4 Å². The number of hydrogen-bond donors (Lipinski definition) is 0. The molecule has 2 aromatic carbocycles. The summed E-state index contributed by atoms with van der Waals surface area (Å²) >= 11 is 0. The molecule has 4 rings (SSSR count). The topological polar surface area (TPSA) is 24.7 Å². The highest BCUT2D eigenvalue weighted by atomic mass is 14.9. The average molecular weight is 302 g/mol. The van der Waals surface area contributed by atoms with Gasteiger partial charge >= 0.3 is 0 Å². The van der Waals surface area contributed by atoms with E-state index in [0.717, 1.165) is 0 Å². The maximum absolute atomic E-state index is 4.79. The molecule has 1 aliphatic heterocycles. The molecule has 0 radical (unpaired) electrons. The lowest BCUT2D eigenvalue weighted by molar-refractivity contribution is 0.357. The molecule has 0 amide bonds. The minimum absolute atomic E-state index is 0.0877. The highest BCUT2D eigenvalue weighted by Gasteiger charge is 2.39. The summed E-state index contributed by atoms with van der Waals surface area (Å²) in [4.78, 5) is 9.59. The number of rotatable bonds is 0. The summed E-state index contributed by atoms with van der Waals surface area (Å²) in [6, 6.07) is 17.7. The van der Waals surface area contributed by atoms with Crippen molar-refractivity contribution in [1.29, 1.82) is 0 Å². The van der Waals surface area contributed by atoms with E-state index in [9.17, 15) is 0 Å². The molecule has 0 saturated heterocycles. The zero-order valence-corrected chi connectivity index (χ0v) is 13.9. The van der Waals surface area contributed by atoms with Crippen molar-refractivity contribution in [2.45, 2.75) is 38.8 Å². The van der Waals surface area contributed by atoms with E-state index < -0.39 is 0 Å². The molecule has 23 heavy (non-hydrogen) atoms. The summed E-state index contributed by atoms with van der Waals surface area (Å²) in [7, 11) is 0. The van der Waals surface area contributed by atoms with Gasteiger partial charge in [0.25, 0.3) is 0 Å². The normalized spacial score (nSPS) is 25.3. The largest absolute Gasteiger partial charge is 0.281 e. The highest BCUT2D eigenvalue weighted by molar-refractivity contribution is 6.16. The number of fused-ring (bicyclic) bond motifs is 5. The van der Waals surface area contributed by atoms with E-state index in [4.69, 9.17) is 9.98 Å². The van der Waals surface area contributed by atoms with Gasteiger partial charge in [0, 0.05) is 18.3 Å². The number of aliphatic imine (C=N–C) groups is 2. The van der Waals surface area contributed by atoms with E-state index >= 15 is 0 Å². The SMILES string of the molecule is CC(C)(C)C1c2ccccc2C2N=CC=NC2c2ccccc21. The lowest BCUT2D eigenvalue weighted by atomic mass is 9.71. The van der Waals surface area contributed by atoms with Crippen LogP contribution in [-0.2, 0) is 0 Å². The summed E-state index contributed by atoms with van der Waals surface area (Å²) < 4.78 is 0. The molecular formula is C21H22N2. The quantitative estimate of drug-likeness (QED) is 0.645. The number of hydrogen-bond acceptors (Lipinski definition) is 2. The summed E-state index contributed by atoms with van der Waals surface area (Å²) in [6.45, 7) is 6.98. The molecule has 2 unspecified atom stereocenters. The molecule has 0 bridgehead atoms. The van der Waals surface area contributed by atoms with Crippen LogP contribution in [0.5, 0.6) is 0 Å². The maximum Gasteiger partial charge on any atom is 0.102 e. The van der Waals surface area contributed by atoms with Crippen molar-refractivity contribution < 1.29 is 0 Å². The maximum atomic E-state index is 4.79. The van der Waals surface area contributed by atoms with Crippen LogP contribution >= 0.6 is 0 Å². The molecule has 116 valence electrons. The molecule has 0 fully saturated rings. The first-order valence-corrected chi connectivity index (χ1v) is 8.30. The Morgan fingerprint density at radius 1 is 0.652 bits per heavy atom. The van der Waals surface area contributed by atoms with Crippen LogP contribution in [0.4, 0.5) is 0 Å². The minimum Gasteiger partial charge on any atom is -0.281 e. The van der Waals surface area contributed by atoms with Crippen molar-refractivity contribution in [2.75, 3.05) is 0 Å². The van der Waals surface area contributed by atoms with Gasteiger partial charge in [0.1, 0.15) is 12.1 Å². The molecule has 1 heterocycles. The molecule has 0 spiro atoms. The van der Waals surface area contributed by atoms with Gasteiger partial charge in [0.2, 0.25) is 0 Å². The molecule has 0 aromatic heterocycles. The zero-order chi connectivity index (χ0) is 16.0. The fraction of sp³-hybridized carbons (Fsp3) is 0.333. The van der Waals surface area contributed by atoms with Crippen molar-refractivity contribution in [3.63, 3.8) is 0 Å². The van der Waals surface area contributed by atoms with E-state index in [1.165, 1.54) is 22.3 Å². The van der Waals surface area contributed by atoms with Crippen LogP contribution in [0.2, 0.25) is 0 Å². The van der Waals surface area contributed by atoms with Crippen molar-refractivity contribution in [3.05, 3.63) is 70.8 Å². The van der Waals surface area contributed by atoms with E-state index in [-0.39, 0.29) is 17.5 Å². The Morgan fingerprint density at radius 3 is 1.43 bits per heavy atom. The Bertz CT molecular complexity index is 734. The first-order chi connectivity index (χ1) is 11.1. The van der Waals surface area contributed by atoms with Gasteiger partial charge < -0.3 is 0 Å². The summed E-state index contributed by atoms with van der Waals surface area (Å²) in [5.74, 6) is 0.353. The summed E-state index contributed by atoms with van der Waals surface area (Å²) in [6.07, 6.45) is 3.69. The molecule has 2 heteroatoms. The second-order valence-corrected chi connectivity index (χ2v) is 7.54. The van der Waals surface area contributed by atoms with Gasteiger partial charge in [-0.3, -0.25) is 9.98 Å². The number of nitrogens with zero attached hydrogens (tertiary/aromatic N) is 2. The van der Waals surface area contributed by atoms with Crippen LogP contribution in [0.15, 0.2) is 58.5 Å². The number of benzene rings is 2. The van der Waals surface area contributed by atoms with E-state index in [1.54, 1.807) is 0 Å². The highest BCUT2D eigenvalue weighted by Crippen LogP contribution is 2.52. The first kappa shape index (κ1) is 14.4. The van der Waals surface area contributed by atoms with Crippen LogP contribution < -0.4 is 0 Å². The second-order valence-electron chi connectivity index (χ2n) is 7.54. The van der Waals surface area contributed by atoms with Crippen LogP contribution in [0, 0.1) is 5.41 Å². The van der Waals surface area contributed by atoms with Gasteiger partial charge in [-0.2, -0.15) is 0 Å². The average Bonchev–Trinajstić information content (AvgIpc) is 2.67. The van der Waals surface area contributed by atoms with Crippen molar-refractivity contribution in [3.8, 4) is 0 Å².